The summed E-state index contributed by atoms with van der Waals surface area (Å²) in [6.07, 6.45) is 1.000. The van der Waals surface area contributed by atoms with Crippen LogP contribution in [0.1, 0.15) is 12.0 Å². The van der Waals surface area contributed by atoms with Gasteiger partial charge >= 0.3 is 5.97 Å². The minimum atomic E-state index is -0.388. The molecule has 0 atom stereocenters. The van der Waals surface area contributed by atoms with E-state index in [1.165, 1.54) is 0 Å². The van der Waals surface area contributed by atoms with Crippen molar-refractivity contribution in [3.8, 4) is 0 Å². The summed E-state index contributed by atoms with van der Waals surface area (Å²) < 4.78 is 4.01. The van der Waals surface area contributed by atoms with Crippen molar-refractivity contribution in [1.82, 2.24) is 0 Å². The third-order valence-electron chi connectivity index (χ3n) is 1.55. The molecule has 1 aromatic rings. The van der Waals surface area contributed by atoms with Gasteiger partial charge in [-0.05, 0) is 12.0 Å². The highest BCUT2D eigenvalue weighted by Gasteiger charge is 2.01. The summed E-state index contributed by atoms with van der Waals surface area (Å²) in [6.45, 7) is 0. The van der Waals surface area contributed by atoms with Crippen LogP contribution < -0.4 is 0 Å². The summed E-state index contributed by atoms with van der Waals surface area (Å²) in [5.74, 6) is -0.388. The lowest BCUT2D eigenvalue weighted by Crippen LogP contribution is -1.98. The molecule has 0 amide bonds. The Morgan fingerprint density at radius 3 is 2.58 bits per heavy atom. The molecule has 1 aromatic carbocycles. The highest BCUT2D eigenvalue weighted by Crippen LogP contribution is 2.03. The molecule has 0 aliphatic heterocycles. The van der Waals surface area contributed by atoms with Gasteiger partial charge in [0.1, 0.15) is 11.9 Å². The van der Waals surface area contributed by atoms with Crippen LogP contribution in [0.2, 0.25) is 0 Å². The molecule has 1 rings (SSSR count). The molecule has 2 nitrogen and oxygen atoms in total. The van der Waals surface area contributed by atoms with Crippen molar-refractivity contribution in [2.45, 2.75) is 12.8 Å². The minimum absolute atomic E-state index is 0.327. The van der Waals surface area contributed by atoms with Gasteiger partial charge in [0.05, 0.1) is 6.42 Å². The van der Waals surface area contributed by atoms with Crippen LogP contribution in [0.25, 0.3) is 0 Å². The van der Waals surface area contributed by atoms with Gasteiger partial charge in [-0.2, -0.15) is 0 Å². The van der Waals surface area contributed by atoms with Crippen LogP contribution >= 0.6 is 11.9 Å². The first-order valence-corrected chi connectivity index (χ1v) is 3.99. The lowest BCUT2D eigenvalue weighted by Gasteiger charge is -1.97. The Kier molecular flexibility index (Phi) is 3.61. The summed E-state index contributed by atoms with van der Waals surface area (Å²) in [4.78, 5) is 10.6. The SMILES string of the molecule is O=C(CCc1ccccc1)OCl. The van der Waals surface area contributed by atoms with Crippen LogP contribution in [0.15, 0.2) is 30.3 Å². The predicted molar refractivity (Wildman–Crippen MR) is 46.7 cm³/mol. The lowest BCUT2D eigenvalue weighted by atomic mass is 10.1. The monoisotopic (exact) mass is 184 g/mol. The second-order valence-corrected chi connectivity index (χ2v) is 2.59. The number of hydrogen-bond donors (Lipinski definition) is 0. The van der Waals surface area contributed by atoms with Gasteiger partial charge in [-0.1, -0.05) is 30.3 Å². The average Bonchev–Trinajstić information content (AvgIpc) is 2.16. The van der Waals surface area contributed by atoms with E-state index in [2.05, 4.69) is 4.29 Å². The van der Waals surface area contributed by atoms with E-state index in [0.29, 0.717) is 12.8 Å². The fourth-order valence-electron chi connectivity index (χ4n) is 0.930. The molecule has 0 heterocycles. The van der Waals surface area contributed by atoms with E-state index < -0.39 is 0 Å². The molecule has 0 fully saturated rings. The van der Waals surface area contributed by atoms with Crippen molar-refractivity contribution in [2.75, 3.05) is 0 Å². The topological polar surface area (TPSA) is 26.3 Å². The Morgan fingerprint density at radius 1 is 1.33 bits per heavy atom. The summed E-state index contributed by atoms with van der Waals surface area (Å²) in [7, 11) is 0. The van der Waals surface area contributed by atoms with Gasteiger partial charge in [-0.3, -0.25) is 4.79 Å². The van der Waals surface area contributed by atoms with Crippen LogP contribution in [0, 0.1) is 0 Å². The molecule has 0 radical (unpaired) electrons. The zero-order chi connectivity index (χ0) is 8.81. The van der Waals surface area contributed by atoms with Gasteiger partial charge in [0.25, 0.3) is 0 Å². The van der Waals surface area contributed by atoms with Gasteiger partial charge in [0, 0.05) is 0 Å². The van der Waals surface area contributed by atoms with Crippen molar-refractivity contribution in [3.05, 3.63) is 35.9 Å². The number of carbonyl (C=O) groups is 1. The molecule has 0 saturated carbocycles. The number of carbonyl (C=O) groups excluding carboxylic acids is 1. The van der Waals surface area contributed by atoms with Crippen molar-refractivity contribution < 1.29 is 9.08 Å². The second-order valence-electron chi connectivity index (χ2n) is 2.43. The van der Waals surface area contributed by atoms with Gasteiger partial charge in [0.15, 0.2) is 0 Å². The van der Waals surface area contributed by atoms with E-state index in [1.807, 2.05) is 30.3 Å². The summed E-state index contributed by atoms with van der Waals surface area (Å²) >= 11 is 4.87. The third kappa shape index (κ3) is 2.93. The Balaban J connectivity index is 2.38. The molecular weight excluding hydrogens is 176 g/mol. The van der Waals surface area contributed by atoms with E-state index >= 15 is 0 Å². The number of aryl methyl sites for hydroxylation is 1. The van der Waals surface area contributed by atoms with E-state index in [9.17, 15) is 4.79 Å². The fraction of sp³-hybridized carbons (Fsp3) is 0.222. The van der Waals surface area contributed by atoms with Gasteiger partial charge < -0.3 is 4.29 Å². The summed E-state index contributed by atoms with van der Waals surface area (Å²) in [5.41, 5.74) is 1.11. The molecule has 0 N–H and O–H groups in total. The molecule has 0 saturated heterocycles. The largest absolute Gasteiger partial charge is 0.348 e. The van der Waals surface area contributed by atoms with E-state index in [0.717, 1.165) is 5.56 Å². The third-order valence-corrected chi connectivity index (χ3v) is 1.72. The molecule has 0 spiro atoms. The highest BCUT2D eigenvalue weighted by atomic mass is 35.5. The normalized spacial score (nSPS) is 9.42. The van der Waals surface area contributed by atoms with E-state index in [4.69, 9.17) is 11.9 Å². The van der Waals surface area contributed by atoms with Gasteiger partial charge in [-0.15, -0.1) is 0 Å². The lowest BCUT2D eigenvalue weighted by molar-refractivity contribution is -0.133. The molecule has 3 heteroatoms. The predicted octanol–water partition coefficient (Wildman–Crippen LogP) is 2.32. The van der Waals surface area contributed by atoms with Crippen LogP contribution in [0.3, 0.4) is 0 Å². The first-order chi connectivity index (χ1) is 5.83. The zero-order valence-corrected chi connectivity index (χ0v) is 7.25. The number of rotatable bonds is 3. The van der Waals surface area contributed by atoms with Crippen molar-refractivity contribution >= 4 is 17.8 Å². The maximum atomic E-state index is 10.6. The Morgan fingerprint density at radius 2 is 2.00 bits per heavy atom. The number of halogens is 1. The maximum Gasteiger partial charge on any atom is 0.325 e. The van der Waals surface area contributed by atoms with Crippen LogP contribution in [-0.2, 0) is 15.5 Å². The number of benzene rings is 1. The quantitative estimate of drug-likeness (QED) is 0.721. The summed E-state index contributed by atoms with van der Waals surface area (Å²) in [5, 5.41) is 0. The first kappa shape index (κ1) is 9.07. The molecule has 0 bridgehead atoms. The van der Waals surface area contributed by atoms with Crippen molar-refractivity contribution in [2.24, 2.45) is 0 Å². The molecule has 0 aliphatic rings. The summed E-state index contributed by atoms with van der Waals surface area (Å²) in [6, 6.07) is 9.72. The van der Waals surface area contributed by atoms with Crippen molar-refractivity contribution in [3.63, 3.8) is 0 Å². The molecule has 64 valence electrons. The van der Waals surface area contributed by atoms with Crippen LogP contribution in [-0.4, -0.2) is 5.97 Å². The molecular formula is C9H9ClO2. The zero-order valence-electron chi connectivity index (χ0n) is 6.50. The standard InChI is InChI=1S/C9H9ClO2/c10-12-9(11)7-6-8-4-2-1-3-5-8/h1-5H,6-7H2. The molecule has 0 aromatic heterocycles. The fourth-order valence-corrected chi connectivity index (χ4v) is 1.01. The Labute approximate surface area is 76.3 Å². The number of hydrogen-bond acceptors (Lipinski definition) is 2. The van der Waals surface area contributed by atoms with Crippen LogP contribution in [0.4, 0.5) is 0 Å². The maximum absolute atomic E-state index is 10.6. The average molecular weight is 185 g/mol. The van der Waals surface area contributed by atoms with Gasteiger partial charge in [0.2, 0.25) is 0 Å². The highest BCUT2D eigenvalue weighted by molar-refractivity contribution is 6.13. The Bertz CT molecular complexity index is 246. The van der Waals surface area contributed by atoms with Crippen molar-refractivity contribution in [1.29, 1.82) is 0 Å². The van der Waals surface area contributed by atoms with E-state index in [-0.39, 0.29) is 5.97 Å². The minimum Gasteiger partial charge on any atom is -0.348 e. The first-order valence-electron chi connectivity index (χ1n) is 3.68. The van der Waals surface area contributed by atoms with Gasteiger partial charge in [-0.25, -0.2) is 0 Å². The molecule has 0 unspecified atom stereocenters. The second kappa shape index (κ2) is 4.78. The molecule has 0 aliphatic carbocycles. The van der Waals surface area contributed by atoms with E-state index in [1.54, 1.807) is 0 Å². The Hall–Kier alpha value is -1.02. The molecule has 12 heavy (non-hydrogen) atoms. The van der Waals surface area contributed by atoms with Crippen LogP contribution in [0.5, 0.6) is 0 Å². The smallest absolute Gasteiger partial charge is 0.325 e.